The lowest BCUT2D eigenvalue weighted by atomic mass is 10.0. The van der Waals surface area contributed by atoms with Crippen LogP contribution in [0.4, 0.5) is 18.9 Å². The van der Waals surface area contributed by atoms with Crippen LogP contribution in [0.3, 0.4) is 0 Å². The summed E-state index contributed by atoms with van der Waals surface area (Å²) in [5.41, 5.74) is 1.79. The van der Waals surface area contributed by atoms with Gasteiger partial charge in [-0.15, -0.1) is 0 Å². The van der Waals surface area contributed by atoms with Crippen LogP contribution in [-0.2, 0) is 12.7 Å². The van der Waals surface area contributed by atoms with Crippen molar-refractivity contribution < 1.29 is 23.0 Å². The minimum atomic E-state index is -4.62. The number of halogens is 3. The number of ether oxygens (including phenoxy) is 1. The average molecular weight is 478 g/mol. The molecule has 1 unspecified atom stereocenters. The Labute approximate surface area is 199 Å². The van der Waals surface area contributed by atoms with Crippen molar-refractivity contribution in [1.29, 1.82) is 5.26 Å². The van der Waals surface area contributed by atoms with E-state index in [1.54, 1.807) is 73.8 Å². The Morgan fingerprint density at radius 2 is 1.77 bits per heavy atom. The van der Waals surface area contributed by atoms with Crippen LogP contribution in [0.1, 0.15) is 34.2 Å². The molecule has 0 radical (unpaired) electrons. The molecule has 6 nitrogen and oxygen atoms in total. The molecule has 4 aromatic rings. The maximum atomic E-state index is 13.4. The number of aromatic nitrogens is 2. The largest absolute Gasteiger partial charge is 0.497 e. The molecule has 0 fully saturated rings. The van der Waals surface area contributed by atoms with Crippen LogP contribution in [0.25, 0.3) is 5.69 Å². The number of methoxy groups -OCH3 is 1. The zero-order chi connectivity index (χ0) is 25.0. The monoisotopic (exact) mass is 478 g/mol. The summed E-state index contributed by atoms with van der Waals surface area (Å²) in [5, 5.41) is 26.7. The van der Waals surface area contributed by atoms with Crippen molar-refractivity contribution in [2.45, 2.75) is 18.8 Å². The van der Waals surface area contributed by atoms with Crippen molar-refractivity contribution in [3.8, 4) is 17.5 Å². The van der Waals surface area contributed by atoms with Gasteiger partial charge in [-0.1, -0.05) is 30.3 Å². The third-order valence-corrected chi connectivity index (χ3v) is 5.40. The SMILES string of the molecule is COc1ccc(C(O)c2cccc(NCc3cc(C(F)(F)F)nn3-c3cccc(C#N)c3)c2)cc1. The molecule has 0 aliphatic heterocycles. The van der Waals surface area contributed by atoms with Crippen LogP contribution in [0.15, 0.2) is 78.9 Å². The lowest BCUT2D eigenvalue weighted by Gasteiger charge is -2.15. The van der Waals surface area contributed by atoms with Crippen molar-refractivity contribution in [1.82, 2.24) is 9.78 Å². The quantitative estimate of drug-likeness (QED) is 0.368. The Bertz CT molecular complexity index is 1360. The highest BCUT2D eigenvalue weighted by molar-refractivity contribution is 5.49. The minimum Gasteiger partial charge on any atom is -0.497 e. The van der Waals surface area contributed by atoms with E-state index in [1.165, 1.54) is 10.7 Å². The fraction of sp³-hybridized carbons (Fsp3) is 0.154. The Balaban J connectivity index is 1.58. The van der Waals surface area contributed by atoms with E-state index in [9.17, 15) is 18.3 Å². The van der Waals surface area contributed by atoms with E-state index in [0.29, 0.717) is 33.8 Å². The number of aliphatic hydroxyl groups is 1. The summed E-state index contributed by atoms with van der Waals surface area (Å²) in [6, 6.07) is 23.2. The highest BCUT2D eigenvalue weighted by atomic mass is 19.4. The topological polar surface area (TPSA) is 83.1 Å². The first-order valence-electron chi connectivity index (χ1n) is 10.6. The van der Waals surface area contributed by atoms with Gasteiger partial charge in [-0.05, 0) is 59.7 Å². The minimum absolute atomic E-state index is 0.0297. The van der Waals surface area contributed by atoms with Gasteiger partial charge in [0.25, 0.3) is 0 Å². The molecule has 0 spiro atoms. The molecule has 178 valence electrons. The first-order valence-corrected chi connectivity index (χ1v) is 10.6. The smallest absolute Gasteiger partial charge is 0.435 e. The first-order chi connectivity index (χ1) is 16.8. The van der Waals surface area contributed by atoms with Gasteiger partial charge in [0.05, 0.1) is 36.7 Å². The van der Waals surface area contributed by atoms with E-state index >= 15 is 0 Å². The molecule has 4 rings (SSSR count). The molecule has 0 amide bonds. The molecule has 3 aromatic carbocycles. The standard InChI is InChI=1S/C26H21F3N4O2/c1-35-23-10-8-18(9-11-23)25(34)19-5-3-6-20(13-19)31-16-22-14-24(26(27,28)29)32-33(22)21-7-2-4-17(12-21)15-30/h2-14,25,31,34H,16H2,1H3. The number of aliphatic hydroxyl groups excluding tert-OH is 1. The third kappa shape index (κ3) is 5.45. The van der Waals surface area contributed by atoms with Crippen LogP contribution in [0.2, 0.25) is 0 Å². The van der Waals surface area contributed by atoms with Crippen LogP contribution < -0.4 is 10.1 Å². The number of nitriles is 1. The molecule has 1 atom stereocenters. The normalized spacial score (nSPS) is 12.1. The predicted octanol–water partition coefficient (Wildman–Crippen LogP) is 5.47. The summed E-state index contributed by atoms with van der Waals surface area (Å²) < 4.78 is 46.4. The van der Waals surface area contributed by atoms with Crippen molar-refractivity contribution in [2.24, 2.45) is 0 Å². The molecule has 35 heavy (non-hydrogen) atoms. The molecule has 0 saturated heterocycles. The van der Waals surface area contributed by atoms with Crippen LogP contribution in [0.5, 0.6) is 5.75 Å². The summed E-state index contributed by atoms with van der Waals surface area (Å²) in [6.45, 7) is 0.0297. The fourth-order valence-electron chi connectivity index (χ4n) is 3.60. The van der Waals surface area contributed by atoms with E-state index in [4.69, 9.17) is 10.00 Å². The molecule has 9 heteroatoms. The Morgan fingerprint density at radius 1 is 1.03 bits per heavy atom. The summed E-state index contributed by atoms with van der Waals surface area (Å²) >= 11 is 0. The van der Waals surface area contributed by atoms with Crippen molar-refractivity contribution in [3.05, 3.63) is 107 Å². The van der Waals surface area contributed by atoms with Crippen LogP contribution in [-0.4, -0.2) is 22.0 Å². The van der Waals surface area contributed by atoms with E-state index < -0.39 is 18.0 Å². The van der Waals surface area contributed by atoms with Gasteiger partial charge in [0.15, 0.2) is 5.69 Å². The van der Waals surface area contributed by atoms with Gasteiger partial charge in [0, 0.05) is 5.69 Å². The maximum absolute atomic E-state index is 13.4. The Morgan fingerprint density at radius 3 is 2.46 bits per heavy atom. The number of alkyl halides is 3. The second-order valence-electron chi connectivity index (χ2n) is 7.75. The molecule has 0 aliphatic carbocycles. The highest BCUT2D eigenvalue weighted by Crippen LogP contribution is 2.30. The first kappa shape index (κ1) is 23.9. The molecule has 0 saturated carbocycles. The number of benzene rings is 3. The van der Waals surface area contributed by atoms with Crippen LogP contribution >= 0.6 is 0 Å². The Kier molecular flexibility index (Phi) is 6.75. The van der Waals surface area contributed by atoms with Gasteiger partial charge in [-0.2, -0.15) is 23.5 Å². The third-order valence-electron chi connectivity index (χ3n) is 5.40. The van der Waals surface area contributed by atoms with E-state index in [0.717, 1.165) is 6.07 Å². The second kappa shape index (κ2) is 9.91. The zero-order valence-corrected chi connectivity index (χ0v) is 18.6. The fourth-order valence-corrected chi connectivity index (χ4v) is 3.60. The predicted molar refractivity (Wildman–Crippen MR) is 124 cm³/mol. The lowest BCUT2D eigenvalue weighted by Crippen LogP contribution is -2.09. The van der Waals surface area contributed by atoms with Crippen molar-refractivity contribution in [3.63, 3.8) is 0 Å². The van der Waals surface area contributed by atoms with Gasteiger partial charge in [0.2, 0.25) is 0 Å². The molecule has 1 heterocycles. The number of nitrogens with one attached hydrogen (secondary N) is 1. The summed E-state index contributed by atoms with van der Waals surface area (Å²) in [5.74, 6) is 0.673. The number of hydrogen-bond donors (Lipinski definition) is 2. The number of nitrogens with zero attached hydrogens (tertiary/aromatic N) is 3. The van der Waals surface area contributed by atoms with Gasteiger partial charge in [0.1, 0.15) is 11.9 Å². The number of anilines is 1. The Hall–Kier alpha value is -4.29. The molecule has 0 bridgehead atoms. The van der Waals surface area contributed by atoms with E-state index in [-0.39, 0.29) is 12.2 Å². The second-order valence-corrected chi connectivity index (χ2v) is 7.75. The van der Waals surface area contributed by atoms with Gasteiger partial charge < -0.3 is 15.2 Å². The molecular weight excluding hydrogens is 457 g/mol. The van der Waals surface area contributed by atoms with Crippen molar-refractivity contribution >= 4 is 5.69 Å². The zero-order valence-electron chi connectivity index (χ0n) is 18.6. The van der Waals surface area contributed by atoms with Crippen LogP contribution in [0, 0.1) is 11.3 Å². The number of rotatable bonds is 7. The van der Waals surface area contributed by atoms with Gasteiger partial charge >= 0.3 is 6.18 Å². The molecule has 2 N–H and O–H groups in total. The van der Waals surface area contributed by atoms with Crippen molar-refractivity contribution in [2.75, 3.05) is 12.4 Å². The van der Waals surface area contributed by atoms with E-state index in [2.05, 4.69) is 10.4 Å². The molecule has 0 aliphatic rings. The average Bonchev–Trinajstić information content (AvgIpc) is 3.32. The lowest BCUT2D eigenvalue weighted by molar-refractivity contribution is -0.141. The molecular formula is C26H21F3N4O2. The maximum Gasteiger partial charge on any atom is 0.435 e. The van der Waals surface area contributed by atoms with E-state index in [1.807, 2.05) is 6.07 Å². The highest BCUT2D eigenvalue weighted by Gasteiger charge is 2.35. The summed E-state index contributed by atoms with van der Waals surface area (Å²) in [4.78, 5) is 0. The summed E-state index contributed by atoms with van der Waals surface area (Å²) in [7, 11) is 1.56. The van der Waals surface area contributed by atoms with Gasteiger partial charge in [-0.3, -0.25) is 0 Å². The molecule has 1 aromatic heterocycles. The van der Waals surface area contributed by atoms with Gasteiger partial charge in [-0.25, -0.2) is 4.68 Å². The number of hydrogen-bond acceptors (Lipinski definition) is 5. The summed E-state index contributed by atoms with van der Waals surface area (Å²) in [6.07, 6.45) is -5.51.